The van der Waals surface area contributed by atoms with E-state index in [4.69, 9.17) is 5.11 Å². The lowest BCUT2D eigenvalue weighted by Gasteiger charge is -2.32. The number of thiophene rings is 1. The second kappa shape index (κ2) is 6.47. The van der Waals surface area contributed by atoms with E-state index in [1.807, 2.05) is 11.9 Å². The highest BCUT2D eigenvalue weighted by Crippen LogP contribution is 2.27. The quantitative estimate of drug-likeness (QED) is 0.930. The fourth-order valence-electron chi connectivity index (χ4n) is 2.48. The summed E-state index contributed by atoms with van der Waals surface area (Å²) in [6.07, 6.45) is 1.60. The zero-order valence-electron chi connectivity index (χ0n) is 12.7. The number of carboxylic acids is 1. The minimum atomic E-state index is -0.953. The zero-order chi connectivity index (χ0) is 16.4. The van der Waals surface area contributed by atoms with Crippen LogP contribution in [0.15, 0.2) is 30.5 Å². The van der Waals surface area contributed by atoms with Gasteiger partial charge in [0, 0.05) is 37.9 Å². The molecule has 0 bridgehead atoms. The van der Waals surface area contributed by atoms with Gasteiger partial charge in [-0.1, -0.05) is 0 Å². The standard InChI is InChI=1S/C16H17N3O3S/c1-18-6-8-19(9-7-18)15(20)11-4-5-17-12(10-11)13-2-3-14(23-13)16(21)22/h2-5,10H,6-9H2,1H3,(H,21,22). The van der Waals surface area contributed by atoms with Crippen LogP contribution in [0, 0.1) is 0 Å². The summed E-state index contributed by atoms with van der Waals surface area (Å²) in [6.45, 7) is 3.18. The number of carbonyl (C=O) groups excluding carboxylic acids is 1. The number of nitrogens with zero attached hydrogens (tertiary/aromatic N) is 3. The van der Waals surface area contributed by atoms with E-state index in [0.717, 1.165) is 42.4 Å². The fraction of sp³-hybridized carbons (Fsp3) is 0.312. The summed E-state index contributed by atoms with van der Waals surface area (Å²) in [6, 6.07) is 6.72. The predicted octanol–water partition coefficient (Wildman–Crippen LogP) is 1.90. The molecule has 1 aliphatic rings. The number of aromatic carboxylic acids is 1. The molecule has 0 aliphatic carbocycles. The number of aromatic nitrogens is 1. The van der Waals surface area contributed by atoms with Crippen LogP contribution in [-0.4, -0.2) is 65.0 Å². The second-order valence-corrected chi connectivity index (χ2v) is 6.58. The van der Waals surface area contributed by atoms with Gasteiger partial charge in [0.25, 0.3) is 5.91 Å². The van der Waals surface area contributed by atoms with Gasteiger partial charge in [-0.25, -0.2) is 4.79 Å². The molecule has 0 radical (unpaired) electrons. The van der Waals surface area contributed by atoms with E-state index in [1.165, 1.54) is 0 Å². The minimum Gasteiger partial charge on any atom is -0.477 e. The molecule has 1 saturated heterocycles. The Labute approximate surface area is 138 Å². The van der Waals surface area contributed by atoms with Crippen molar-refractivity contribution in [2.75, 3.05) is 33.2 Å². The monoisotopic (exact) mass is 331 g/mol. The first-order chi connectivity index (χ1) is 11.0. The highest BCUT2D eigenvalue weighted by Gasteiger charge is 2.21. The molecule has 1 aliphatic heterocycles. The van der Waals surface area contributed by atoms with Crippen LogP contribution in [0.5, 0.6) is 0 Å². The summed E-state index contributed by atoms with van der Waals surface area (Å²) in [5.41, 5.74) is 1.22. The van der Waals surface area contributed by atoms with E-state index in [2.05, 4.69) is 9.88 Å². The molecular weight excluding hydrogens is 314 g/mol. The average Bonchev–Trinajstić information content (AvgIpc) is 3.05. The van der Waals surface area contributed by atoms with Crippen LogP contribution in [0.3, 0.4) is 0 Å². The number of carboxylic acid groups (broad SMARTS) is 1. The predicted molar refractivity (Wildman–Crippen MR) is 87.9 cm³/mol. The lowest BCUT2D eigenvalue weighted by atomic mass is 10.1. The van der Waals surface area contributed by atoms with Gasteiger partial charge in [0.1, 0.15) is 4.88 Å². The molecule has 3 rings (SSSR count). The van der Waals surface area contributed by atoms with E-state index in [1.54, 1.807) is 30.5 Å². The lowest BCUT2D eigenvalue weighted by molar-refractivity contribution is 0.0662. The van der Waals surface area contributed by atoms with Crippen LogP contribution < -0.4 is 0 Å². The Morgan fingerprint density at radius 1 is 1.17 bits per heavy atom. The third kappa shape index (κ3) is 3.40. The number of rotatable bonds is 3. The van der Waals surface area contributed by atoms with Gasteiger partial charge >= 0.3 is 5.97 Å². The first-order valence-corrected chi connectivity index (χ1v) is 8.13. The number of carbonyl (C=O) groups is 2. The van der Waals surface area contributed by atoms with Crippen molar-refractivity contribution < 1.29 is 14.7 Å². The van der Waals surface area contributed by atoms with Gasteiger partial charge in [-0.3, -0.25) is 9.78 Å². The number of hydrogen-bond donors (Lipinski definition) is 1. The highest BCUT2D eigenvalue weighted by atomic mass is 32.1. The first-order valence-electron chi connectivity index (χ1n) is 7.32. The van der Waals surface area contributed by atoms with Gasteiger partial charge in [0.05, 0.1) is 10.6 Å². The maximum atomic E-state index is 12.6. The Hall–Kier alpha value is -2.25. The first kappa shape index (κ1) is 15.6. The molecule has 2 aromatic heterocycles. The van der Waals surface area contributed by atoms with Crippen LogP contribution in [0.1, 0.15) is 20.0 Å². The van der Waals surface area contributed by atoms with E-state index >= 15 is 0 Å². The van der Waals surface area contributed by atoms with Gasteiger partial charge in [0.2, 0.25) is 0 Å². The van der Waals surface area contributed by atoms with E-state index in [-0.39, 0.29) is 10.8 Å². The van der Waals surface area contributed by atoms with Crippen molar-refractivity contribution in [3.8, 4) is 10.6 Å². The summed E-state index contributed by atoms with van der Waals surface area (Å²) in [4.78, 5) is 32.9. The summed E-state index contributed by atoms with van der Waals surface area (Å²) >= 11 is 1.16. The van der Waals surface area contributed by atoms with Crippen molar-refractivity contribution in [2.45, 2.75) is 0 Å². The molecule has 6 nitrogen and oxygen atoms in total. The Kier molecular flexibility index (Phi) is 4.40. The molecule has 3 heterocycles. The second-order valence-electron chi connectivity index (χ2n) is 5.49. The molecule has 1 amide bonds. The SMILES string of the molecule is CN1CCN(C(=O)c2ccnc(-c3ccc(C(=O)O)s3)c2)CC1. The molecule has 0 atom stereocenters. The third-order valence-corrected chi connectivity index (χ3v) is 4.96. The van der Waals surface area contributed by atoms with E-state index < -0.39 is 5.97 Å². The van der Waals surface area contributed by atoms with E-state index in [0.29, 0.717) is 11.3 Å². The van der Waals surface area contributed by atoms with Crippen molar-refractivity contribution >= 4 is 23.2 Å². The van der Waals surface area contributed by atoms with E-state index in [9.17, 15) is 9.59 Å². The number of piperazine rings is 1. The molecule has 120 valence electrons. The van der Waals surface area contributed by atoms with Crippen molar-refractivity contribution in [2.24, 2.45) is 0 Å². The smallest absolute Gasteiger partial charge is 0.345 e. The van der Waals surface area contributed by atoms with Crippen LogP contribution in [0.25, 0.3) is 10.6 Å². The number of likely N-dealkylation sites (N-methyl/N-ethyl adjacent to an activating group) is 1. The Morgan fingerprint density at radius 3 is 2.57 bits per heavy atom. The normalized spacial score (nSPS) is 15.6. The Balaban J connectivity index is 1.81. The molecule has 1 N–H and O–H groups in total. The summed E-state index contributed by atoms with van der Waals surface area (Å²) in [7, 11) is 2.04. The summed E-state index contributed by atoms with van der Waals surface area (Å²) in [5, 5.41) is 9.00. The van der Waals surface area contributed by atoms with Gasteiger partial charge in [0.15, 0.2) is 0 Å². The largest absolute Gasteiger partial charge is 0.477 e. The fourth-order valence-corrected chi connectivity index (χ4v) is 3.29. The Bertz CT molecular complexity index is 736. The van der Waals surface area contributed by atoms with Crippen molar-refractivity contribution in [1.29, 1.82) is 0 Å². The van der Waals surface area contributed by atoms with Gasteiger partial charge in [-0.2, -0.15) is 0 Å². The molecule has 0 unspecified atom stereocenters. The summed E-state index contributed by atoms with van der Waals surface area (Å²) < 4.78 is 0. The average molecular weight is 331 g/mol. The number of hydrogen-bond acceptors (Lipinski definition) is 5. The van der Waals surface area contributed by atoms with Crippen LogP contribution in [0.2, 0.25) is 0 Å². The van der Waals surface area contributed by atoms with Crippen LogP contribution in [0.4, 0.5) is 0 Å². The molecule has 1 fully saturated rings. The van der Waals surface area contributed by atoms with Crippen LogP contribution in [-0.2, 0) is 0 Å². The minimum absolute atomic E-state index is 0.00300. The molecule has 0 aromatic carbocycles. The molecule has 0 saturated carbocycles. The molecule has 7 heteroatoms. The number of pyridine rings is 1. The highest BCUT2D eigenvalue weighted by molar-refractivity contribution is 7.17. The van der Waals surface area contributed by atoms with Crippen molar-refractivity contribution in [3.05, 3.63) is 40.9 Å². The van der Waals surface area contributed by atoms with Gasteiger partial charge in [-0.05, 0) is 31.3 Å². The number of amides is 1. The lowest BCUT2D eigenvalue weighted by Crippen LogP contribution is -2.47. The molecule has 0 spiro atoms. The molecular formula is C16H17N3O3S. The maximum absolute atomic E-state index is 12.6. The van der Waals surface area contributed by atoms with Crippen molar-refractivity contribution in [1.82, 2.24) is 14.8 Å². The summed E-state index contributed by atoms with van der Waals surface area (Å²) in [5.74, 6) is -0.956. The van der Waals surface area contributed by atoms with Crippen LogP contribution >= 0.6 is 11.3 Å². The van der Waals surface area contributed by atoms with Crippen molar-refractivity contribution in [3.63, 3.8) is 0 Å². The maximum Gasteiger partial charge on any atom is 0.345 e. The Morgan fingerprint density at radius 2 is 1.91 bits per heavy atom. The zero-order valence-corrected chi connectivity index (χ0v) is 13.5. The molecule has 23 heavy (non-hydrogen) atoms. The third-order valence-electron chi connectivity index (χ3n) is 3.87. The topological polar surface area (TPSA) is 73.7 Å². The van der Waals surface area contributed by atoms with Gasteiger partial charge in [-0.15, -0.1) is 11.3 Å². The molecule has 2 aromatic rings. The van der Waals surface area contributed by atoms with Gasteiger partial charge < -0.3 is 14.9 Å².